The van der Waals surface area contributed by atoms with E-state index in [9.17, 15) is 4.79 Å². The van der Waals surface area contributed by atoms with E-state index in [0.717, 1.165) is 6.42 Å². The van der Waals surface area contributed by atoms with Crippen LogP contribution in [0.3, 0.4) is 0 Å². The second-order valence-corrected chi connectivity index (χ2v) is 9.29. The topological polar surface area (TPSA) is 29.5 Å². The van der Waals surface area contributed by atoms with Crippen LogP contribution in [-0.2, 0) is 4.74 Å². The van der Waals surface area contributed by atoms with Crippen molar-refractivity contribution in [2.75, 3.05) is 0 Å². The predicted molar refractivity (Wildman–Crippen MR) is 85.0 cm³/mol. The molecule has 2 aliphatic rings. The number of ether oxygens (including phenoxy) is 1. The van der Waals surface area contributed by atoms with E-state index in [1.165, 1.54) is 4.46 Å². The van der Waals surface area contributed by atoms with Crippen molar-refractivity contribution >= 4 is 25.5 Å². The van der Waals surface area contributed by atoms with E-state index in [-0.39, 0.29) is 18.2 Å². The fourth-order valence-electron chi connectivity index (χ4n) is 2.88. The Morgan fingerprint density at radius 1 is 1.24 bits per heavy atom. The Bertz CT molecular complexity index is 550. The molecule has 4 heteroatoms. The van der Waals surface area contributed by atoms with Gasteiger partial charge in [0, 0.05) is 0 Å². The van der Waals surface area contributed by atoms with Gasteiger partial charge in [-0.2, -0.15) is 0 Å². The van der Waals surface area contributed by atoms with Gasteiger partial charge in [-0.1, -0.05) is 0 Å². The van der Waals surface area contributed by atoms with E-state index in [2.05, 4.69) is 36.4 Å². The second kappa shape index (κ2) is 5.51. The molecule has 0 aliphatic carbocycles. The third kappa shape index (κ3) is 3.17. The van der Waals surface area contributed by atoms with E-state index in [1.807, 2.05) is 31.7 Å². The third-order valence-electron chi connectivity index (χ3n) is 3.70. The van der Waals surface area contributed by atoms with Crippen LogP contribution >= 0.6 is 0 Å². The van der Waals surface area contributed by atoms with Gasteiger partial charge in [0.05, 0.1) is 0 Å². The first-order valence-corrected chi connectivity index (χ1v) is 9.20. The summed E-state index contributed by atoms with van der Waals surface area (Å²) in [6.45, 7) is 5.76. The molecule has 2 heterocycles. The summed E-state index contributed by atoms with van der Waals surface area (Å²) in [4.78, 5) is 14.9. The zero-order valence-electron chi connectivity index (χ0n) is 12.7. The zero-order valence-corrected chi connectivity index (χ0v) is 14.4. The number of fused-ring (bicyclic) bond motifs is 2. The van der Waals surface area contributed by atoms with Crippen LogP contribution in [0.1, 0.15) is 27.2 Å². The van der Waals surface area contributed by atoms with E-state index in [4.69, 9.17) is 4.74 Å². The van der Waals surface area contributed by atoms with Gasteiger partial charge in [-0.25, -0.2) is 0 Å². The van der Waals surface area contributed by atoms with Crippen LogP contribution in [0.25, 0.3) is 0 Å². The summed E-state index contributed by atoms with van der Waals surface area (Å²) in [5.74, 6) is 0. The van der Waals surface area contributed by atoms with Crippen LogP contribution in [0.2, 0.25) is 4.82 Å². The van der Waals surface area contributed by atoms with Gasteiger partial charge in [0.1, 0.15) is 0 Å². The molecule has 0 radical (unpaired) electrons. The molecule has 112 valence electrons. The molecule has 0 N–H and O–H groups in total. The van der Waals surface area contributed by atoms with Crippen molar-refractivity contribution in [2.24, 2.45) is 0 Å². The van der Waals surface area contributed by atoms with E-state index in [1.54, 1.807) is 0 Å². The monoisotopic (exact) mass is 351 g/mol. The number of hydrogen-bond acceptors (Lipinski definition) is 2. The number of hydrogen-bond donors (Lipinski definition) is 0. The Kier molecular flexibility index (Phi) is 3.85. The van der Waals surface area contributed by atoms with Gasteiger partial charge < -0.3 is 0 Å². The van der Waals surface area contributed by atoms with E-state index < -0.39 is 5.60 Å². The molecule has 1 fully saturated rings. The number of rotatable bonds is 2. The average Bonchev–Trinajstić information content (AvgIpc) is 2.95. The fourth-order valence-corrected chi connectivity index (χ4v) is 5.65. The molecule has 3 atom stereocenters. The van der Waals surface area contributed by atoms with Crippen molar-refractivity contribution in [3.63, 3.8) is 0 Å². The molecule has 1 amide bonds. The summed E-state index contributed by atoms with van der Waals surface area (Å²) < 4.78 is 6.96. The van der Waals surface area contributed by atoms with Gasteiger partial charge in [0.25, 0.3) is 0 Å². The van der Waals surface area contributed by atoms with Gasteiger partial charge in [0.2, 0.25) is 0 Å². The van der Waals surface area contributed by atoms with Gasteiger partial charge in [-0.05, 0) is 0 Å². The number of carbonyl (C=O) groups excluding carboxylic acids is 1. The molecule has 1 aromatic carbocycles. The zero-order chi connectivity index (χ0) is 15.0. The first kappa shape index (κ1) is 14.7. The summed E-state index contributed by atoms with van der Waals surface area (Å²) in [5.41, 5.74) is -0.431. The van der Waals surface area contributed by atoms with Crippen molar-refractivity contribution < 1.29 is 9.53 Å². The predicted octanol–water partition coefficient (Wildman–Crippen LogP) is 2.75. The van der Waals surface area contributed by atoms with Crippen molar-refractivity contribution in [1.29, 1.82) is 0 Å². The van der Waals surface area contributed by atoms with Crippen LogP contribution in [0.4, 0.5) is 4.79 Å². The molecule has 0 aromatic heterocycles. The van der Waals surface area contributed by atoms with Gasteiger partial charge in [-0.15, -0.1) is 0 Å². The van der Waals surface area contributed by atoms with Gasteiger partial charge >= 0.3 is 132 Å². The Morgan fingerprint density at radius 2 is 1.95 bits per heavy atom. The molecular formula is C17H21NO2Se. The normalized spacial score (nSPS) is 27.2. The molecule has 3 rings (SSSR count). The second-order valence-electron chi connectivity index (χ2n) is 6.54. The molecule has 1 saturated heterocycles. The van der Waals surface area contributed by atoms with Crippen molar-refractivity contribution in [3.05, 3.63) is 42.5 Å². The quantitative estimate of drug-likeness (QED) is 0.606. The Morgan fingerprint density at radius 3 is 2.62 bits per heavy atom. The Labute approximate surface area is 132 Å². The molecule has 0 spiro atoms. The van der Waals surface area contributed by atoms with Crippen LogP contribution in [0.5, 0.6) is 0 Å². The van der Waals surface area contributed by atoms with Crippen molar-refractivity contribution in [1.82, 2.24) is 4.90 Å². The van der Waals surface area contributed by atoms with E-state index in [0.29, 0.717) is 19.8 Å². The number of nitrogens with zero attached hydrogens (tertiary/aromatic N) is 1. The maximum absolute atomic E-state index is 12.4. The van der Waals surface area contributed by atoms with Gasteiger partial charge in [-0.3, -0.25) is 0 Å². The summed E-state index contributed by atoms with van der Waals surface area (Å²) in [7, 11) is 0. The third-order valence-corrected chi connectivity index (χ3v) is 6.46. The number of carbonyl (C=O) groups is 1. The first-order valence-electron chi connectivity index (χ1n) is 7.35. The number of benzene rings is 1. The summed E-state index contributed by atoms with van der Waals surface area (Å²) in [6.07, 6.45) is 5.24. The van der Waals surface area contributed by atoms with Crippen molar-refractivity contribution in [3.8, 4) is 0 Å². The molecule has 3 nitrogen and oxygen atoms in total. The average molecular weight is 350 g/mol. The minimum atomic E-state index is -0.431. The molecule has 1 aromatic rings. The standard InChI is InChI=1S/C17H21NO2Se/c1-17(2,3)20-16(19)18-12-9-10-14(18)15(11-12)21-13-7-5-4-6-8-13/h4-10,12,14-15H,11H2,1-3H3/t12-,14+,15?/m1/s1. The van der Waals surface area contributed by atoms with Crippen LogP contribution in [0, 0.1) is 0 Å². The van der Waals surface area contributed by atoms with Crippen molar-refractivity contribution in [2.45, 2.75) is 49.7 Å². The maximum atomic E-state index is 12.4. The summed E-state index contributed by atoms with van der Waals surface area (Å²) in [5, 5.41) is 0. The van der Waals surface area contributed by atoms with Crippen LogP contribution in [0.15, 0.2) is 42.5 Å². The minimum absolute atomic E-state index is 0.172. The fraction of sp³-hybridized carbons (Fsp3) is 0.471. The van der Waals surface area contributed by atoms with Crippen LogP contribution < -0.4 is 4.46 Å². The molecule has 2 bridgehead atoms. The summed E-state index contributed by atoms with van der Waals surface area (Å²) >= 11 is 0.395. The summed E-state index contributed by atoms with van der Waals surface area (Å²) in [6, 6.07) is 11.0. The first-order chi connectivity index (χ1) is 9.94. The number of amides is 1. The SMILES string of the molecule is CC(C)(C)OC(=O)N1[C@@H]2C=C[C@H]1C([Se]c1ccccc1)C2. The molecular weight excluding hydrogens is 329 g/mol. The molecule has 21 heavy (non-hydrogen) atoms. The van der Waals surface area contributed by atoms with Crippen LogP contribution in [-0.4, -0.2) is 43.6 Å². The van der Waals surface area contributed by atoms with Gasteiger partial charge in [0.15, 0.2) is 0 Å². The Balaban J connectivity index is 1.69. The Hall–Kier alpha value is -1.25. The molecule has 2 aliphatic heterocycles. The molecule has 1 unspecified atom stereocenters. The molecule has 0 saturated carbocycles. The van der Waals surface area contributed by atoms with E-state index >= 15 is 0 Å².